The van der Waals surface area contributed by atoms with Gasteiger partial charge in [-0.2, -0.15) is 0 Å². The number of hydrogen-bond acceptors (Lipinski definition) is 6. The van der Waals surface area contributed by atoms with Crippen molar-refractivity contribution in [3.63, 3.8) is 0 Å². The Morgan fingerprint density at radius 1 is 1.56 bits per heavy atom. The Bertz CT molecular complexity index is 440. The first-order chi connectivity index (χ1) is 7.54. The fourth-order valence-corrected chi connectivity index (χ4v) is 1.31. The second-order valence-corrected chi connectivity index (χ2v) is 3.43. The van der Waals surface area contributed by atoms with Crippen LogP contribution in [0.4, 0.5) is 5.82 Å². The summed E-state index contributed by atoms with van der Waals surface area (Å²) in [6.07, 6.45) is 0. The zero-order chi connectivity index (χ0) is 12.1. The molecule has 0 aliphatic carbocycles. The van der Waals surface area contributed by atoms with Gasteiger partial charge in [-0.3, -0.25) is 9.78 Å². The number of nitrogens with zero attached hydrogens (tertiary/aromatic N) is 2. The molecule has 1 heterocycles. The van der Waals surface area contributed by atoms with Crippen molar-refractivity contribution in [2.75, 3.05) is 32.2 Å². The number of ether oxygens (including phenoxy) is 1. The van der Waals surface area contributed by atoms with Crippen LogP contribution in [0.5, 0.6) is 0 Å². The van der Waals surface area contributed by atoms with E-state index in [1.54, 1.807) is 19.1 Å². The number of nitrogens with one attached hydrogen (secondary N) is 2. The third kappa shape index (κ3) is 3.17. The summed E-state index contributed by atoms with van der Waals surface area (Å²) in [5, 5.41) is 5.79. The van der Waals surface area contributed by atoms with Gasteiger partial charge in [0.05, 0.1) is 6.61 Å². The maximum absolute atomic E-state index is 11.4. The molecule has 1 unspecified atom stereocenters. The Balaban J connectivity index is 2.77. The molecule has 8 heteroatoms. The monoisotopic (exact) mass is 229 g/mol. The first kappa shape index (κ1) is 12.4. The van der Waals surface area contributed by atoms with E-state index in [4.69, 9.17) is 10.5 Å². The molecule has 1 aromatic heterocycles. The molecule has 1 atom stereocenters. The molecule has 0 saturated carbocycles. The third-order valence-electron chi connectivity index (χ3n) is 1.94. The predicted molar refractivity (Wildman–Crippen MR) is 58.6 cm³/mol. The predicted octanol–water partition coefficient (Wildman–Crippen LogP) is -2.13. The summed E-state index contributed by atoms with van der Waals surface area (Å²) in [5.74, 6) is 0.117. The summed E-state index contributed by atoms with van der Waals surface area (Å²) in [6, 6.07) is -0.233. The van der Waals surface area contributed by atoms with E-state index in [0.717, 1.165) is 0 Å². The Labute approximate surface area is 91.4 Å². The minimum Gasteiger partial charge on any atom is -0.383 e. The molecule has 8 nitrogen and oxygen atoms in total. The number of likely N-dealkylation sites (N-methyl/N-ethyl adjacent to an activating group) is 1. The number of hydrogen-bond donors (Lipinski definition) is 3. The van der Waals surface area contributed by atoms with E-state index in [9.17, 15) is 9.59 Å². The first-order valence-electron chi connectivity index (χ1n) is 4.69. The lowest BCUT2D eigenvalue weighted by Gasteiger charge is -2.20. The topological polar surface area (TPSA) is 117 Å². The molecule has 0 bridgehead atoms. The average Bonchev–Trinajstić information content (AvgIpc) is 2.17. The van der Waals surface area contributed by atoms with Gasteiger partial charge in [0.25, 0.3) is 5.56 Å². The van der Waals surface area contributed by atoms with Crippen molar-refractivity contribution in [3.8, 4) is 0 Å². The lowest BCUT2D eigenvalue weighted by Crippen LogP contribution is -2.41. The highest BCUT2D eigenvalue weighted by Gasteiger charge is 2.12. The fraction of sp³-hybridized carbons (Fsp3) is 0.625. The fourth-order valence-electron chi connectivity index (χ4n) is 1.31. The van der Waals surface area contributed by atoms with Crippen LogP contribution in [-0.2, 0) is 4.74 Å². The van der Waals surface area contributed by atoms with Crippen LogP contribution in [0.3, 0.4) is 0 Å². The van der Waals surface area contributed by atoms with Crippen molar-refractivity contribution in [3.05, 3.63) is 20.8 Å². The summed E-state index contributed by atoms with van der Waals surface area (Å²) in [5.41, 5.74) is 4.54. The van der Waals surface area contributed by atoms with E-state index in [0.29, 0.717) is 13.2 Å². The van der Waals surface area contributed by atoms with Crippen LogP contribution in [0.1, 0.15) is 0 Å². The van der Waals surface area contributed by atoms with Gasteiger partial charge in [0.15, 0.2) is 0 Å². The van der Waals surface area contributed by atoms with Gasteiger partial charge in [-0.15, -0.1) is 5.10 Å². The number of aromatic amines is 2. The molecule has 1 aromatic rings. The van der Waals surface area contributed by atoms with Crippen molar-refractivity contribution in [1.29, 1.82) is 0 Å². The van der Waals surface area contributed by atoms with Crippen LogP contribution in [0, 0.1) is 0 Å². The van der Waals surface area contributed by atoms with Gasteiger partial charge < -0.3 is 15.4 Å². The normalized spacial score (nSPS) is 12.4. The molecule has 0 aromatic carbocycles. The molecule has 0 amide bonds. The number of H-pyrrole nitrogens is 2. The highest BCUT2D eigenvalue weighted by atomic mass is 16.5. The number of rotatable bonds is 5. The van der Waals surface area contributed by atoms with Crippen LogP contribution in [0.2, 0.25) is 0 Å². The molecule has 4 N–H and O–H groups in total. The molecule has 0 saturated heterocycles. The van der Waals surface area contributed by atoms with Crippen LogP contribution < -0.4 is 21.9 Å². The van der Waals surface area contributed by atoms with E-state index < -0.39 is 11.2 Å². The quantitative estimate of drug-likeness (QED) is 0.531. The molecule has 16 heavy (non-hydrogen) atoms. The molecule has 0 spiro atoms. The van der Waals surface area contributed by atoms with Crippen LogP contribution in [-0.4, -0.2) is 48.5 Å². The highest BCUT2D eigenvalue weighted by molar-refractivity contribution is 5.32. The van der Waals surface area contributed by atoms with Crippen LogP contribution in [0.15, 0.2) is 9.59 Å². The van der Waals surface area contributed by atoms with Crippen molar-refractivity contribution < 1.29 is 4.74 Å². The van der Waals surface area contributed by atoms with Gasteiger partial charge in [0.1, 0.15) is 0 Å². The number of nitrogens with two attached hydrogens (primary N) is 1. The van der Waals surface area contributed by atoms with E-state index in [1.165, 1.54) is 0 Å². The standard InChI is InChI=1S/C8H15N5O3/c1-13(3-5(9)4-16-2)6-7(14)10-8(15)12-11-6/h5H,3-4,9H2,1-2H3,(H2,10,12,14,15). The average molecular weight is 229 g/mol. The number of aromatic nitrogens is 3. The van der Waals surface area contributed by atoms with Crippen molar-refractivity contribution in [2.45, 2.75) is 6.04 Å². The third-order valence-corrected chi connectivity index (χ3v) is 1.94. The van der Waals surface area contributed by atoms with Crippen LogP contribution in [0.25, 0.3) is 0 Å². The lowest BCUT2D eigenvalue weighted by molar-refractivity contribution is 0.181. The van der Waals surface area contributed by atoms with Crippen molar-refractivity contribution in [2.24, 2.45) is 5.73 Å². The zero-order valence-electron chi connectivity index (χ0n) is 9.19. The summed E-state index contributed by atoms with van der Waals surface area (Å²) >= 11 is 0. The first-order valence-corrected chi connectivity index (χ1v) is 4.69. The van der Waals surface area contributed by atoms with Crippen molar-refractivity contribution in [1.82, 2.24) is 15.2 Å². The SMILES string of the molecule is COCC(N)CN(C)c1n[nH]c(=O)[nH]c1=O. The Kier molecular flexibility index (Phi) is 4.20. The van der Waals surface area contributed by atoms with E-state index in [-0.39, 0.29) is 11.9 Å². The summed E-state index contributed by atoms with van der Waals surface area (Å²) in [4.78, 5) is 25.8. The number of anilines is 1. The minimum atomic E-state index is -0.636. The Hall–Kier alpha value is -1.67. The molecule has 0 radical (unpaired) electrons. The highest BCUT2D eigenvalue weighted by Crippen LogP contribution is 1.97. The van der Waals surface area contributed by atoms with E-state index >= 15 is 0 Å². The largest absolute Gasteiger partial charge is 0.383 e. The molecule has 1 rings (SSSR count). The maximum Gasteiger partial charge on any atom is 0.342 e. The smallest absolute Gasteiger partial charge is 0.342 e. The summed E-state index contributed by atoms with van der Waals surface area (Å²) in [7, 11) is 3.20. The minimum absolute atomic E-state index is 0.117. The molecular weight excluding hydrogens is 214 g/mol. The summed E-state index contributed by atoms with van der Waals surface area (Å²) in [6.45, 7) is 0.779. The van der Waals surface area contributed by atoms with Gasteiger partial charge in [-0.1, -0.05) is 0 Å². The van der Waals surface area contributed by atoms with E-state index in [1.807, 2.05) is 0 Å². The summed E-state index contributed by atoms with van der Waals surface area (Å²) < 4.78 is 4.87. The second kappa shape index (κ2) is 5.42. The second-order valence-electron chi connectivity index (χ2n) is 3.43. The van der Waals surface area contributed by atoms with Gasteiger partial charge >= 0.3 is 5.69 Å². The van der Waals surface area contributed by atoms with Crippen LogP contribution >= 0.6 is 0 Å². The number of methoxy groups -OCH3 is 1. The van der Waals surface area contributed by atoms with Gasteiger partial charge in [-0.25, -0.2) is 9.89 Å². The van der Waals surface area contributed by atoms with Gasteiger partial charge in [0, 0.05) is 26.7 Å². The Morgan fingerprint density at radius 2 is 2.25 bits per heavy atom. The Morgan fingerprint density at radius 3 is 2.81 bits per heavy atom. The van der Waals surface area contributed by atoms with Gasteiger partial charge in [0.2, 0.25) is 5.82 Å². The maximum atomic E-state index is 11.4. The van der Waals surface area contributed by atoms with Gasteiger partial charge in [-0.05, 0) is 0 Å². The van der Waals surface area contributed by atoms with Crippen molar-refractivity contribution >= 4 is 5.82 Å². The molecule has 0 aliphatic rings. The zero-order valence-corrected chi connectivity index (χ0v) is 9.19. The molecule has 90 valence electrons. The molecule has 0 aliphatic heterocycles. The van der Waals surface area contributed by atoms with E-state index in [2.05, 4.69) is 15.2 Å². The molecular formula is C8H15N5O3. The molecule has 0 fully saturated rings. The lowest BCUT2D eigenvalue weighted by atomic mass is 10.3.